The molecule has 0 radical (unpaired) electrons. The third-order valence-electron chi connectivity index (χ3n) is 6.72. The van der Waals surface area contributed by atoms with E-state index >= 15 is 0 Å². The molecule has 1 heterocycles. The summed E-state index contributed by atoms with van der Waals surface area (Å²) >= 11 is 0. The number of nitrogens with zero attached hydrogens (tertiary/aromatic N) is 2. The van der Waals surface area contributed by atoms with Crippen molar-refractivity contribution in [1.82, 2.24) is 0 Å². The van der Waals surface area contributed by atoms with E-state index in [1.165, 1.54) is 6.07 Å². The van der Waals surface area contributed by atoms with Crippen LogP contribution in [0.4, 0.5) is 11.4 Å². The lowest BCUT2D eigenvalue weighted by atomic mass is 9.92. The number of fused-ring (bicyclic) bond motifs is 1. The van der Waals surface area contributed by atoms with E-state index in [9.17, 15) is 14.9 Å². The molecule has 0 saturated heterocycles. The SMILES string of the molecule is C=Cc1ccc([N+](=O)[O-])c(N(N)C2CCC(OCCC)CC2)c1.O=C1C=CC1=Cc1ccc2c(c1)OCO2. The molecule has 9 nitrogen and oxygen atoms in total. The van der Waals surface area contributed by atoms with Crippen molar-refractivity contribution < 1.29 is 23.9 Å². The summed E-state index contributed by atoms with van der Waals surface area (Å²) in [6, 6.07) is 10.6. The topological polar surface area (TPSA) is 117 Å². The van der Waals surface area contributed by atoms with Gasteiger partial charge in [0.1, 0.15) is 5.69 Å². The fraction of sp³-hybridized carbons (Fsp3) is 0.345. The number of carbonyl (C=O) groups excluding carboxylic acids is 1. The molecule has 0 spiro atoms. The molecule has 0 unspecified atom stereocenters. The lowest BCUT2D eigenvalue weighted by Gasteiger charge is -2.35. The van der Waals surface area contributed by atoms with Crippen LogP contribution in [0.25, 0.3) is 12.2 Å². The minimum absolute atomic E-state index is 0.0301. The Morgan fingerprint density at radius 1 is 1.11 bits per heavy atom. The molecule has 0 atom stereocenters. The Morgan fingerprint density at radius 3 is 2.47 bits per heavy atom. The number of carbonyl (C=O) groups is 1. The molecule has 9 heteroatoms. The summed E-state index contributed by atoms with van der Waals surface area (Å²) in [5, 5.41) is 12.8. The van der Waals surface area contributed by atoms with E-state index in [0.717, 1.165) is 66.9 Å². The van der Waals surface area contributed by atoms with Crippen LogP contribution in [-0.4, -0.2) is 36.3 Å². The summed E-state index contributed by atoms with van der Waals surface area (Å²) < 4.78 is 16.2. The van der Waals surface area contributed by atoms with Gasteiger partial charge in [-0.3, -0.25) is 14.9 Å². The third-order valence-corrected chi connectivity index (χ3v) is 6.72. The first-order valence-electron chi connectivity index (χ1n) is 12.8. The number of hydrogen-bond acceptors (Lipinski definition) is 8. The molecule has 200 valence electrons. The highest BCUT2D eigenvalue weighted by atomic mass is 16.7. The number of nitro groups is 1. The molecule has 1 fully saturated rings. The van der Waals surface area contributed by atoms with E-state index in [0.29, 0.717) is 5.69 Å². The van der Waals surface area contributed by atoms with Crippen LogP contribution in [0.15, 0.2) is 60.7 Å². The van der Waals surface area contributed by atoms with Gasteiger partial charge in [-0.2, -0.15) is 0 Å². The number of benzene rings is 2. The quantitative estimate of drug-likeness (QED) is 0.207. The van der Waals surface area contributed by atoms with Crippen LogP contribution in [-0.2, 0) is 9.53 Å². The zero-order chi connectivity index (χ0) is 27.1. The molecular weight excluding hydrogens is 486 g/mol. The summed E-state index contributed by atoms with van der Waals surface area (Å²) in [5.41, 5.74) is 2.98. The first-order chi connectivity index (χ1) is 18.4. The normalized spacial score (nSPS) is 20.4. The van der Waals surface area contributed by atoms with Crippen molar-refractivity contribution in [3.8, 4) is 11.5 Å². The summed E-state index contributed by atoms with van der Waals surface area (Å²) in [4.78, 5) is 21.9. The van der Waals surface area contributed by atoms with Crippen LogP contribution in [0.5, 0.6) is 11.5 Å². The highest BCUT2D eigenvalue weighted by Crippen LogP contribution is 2.34. The molecule has 0 bridgehead atoms. The van der Waals surface area contributed by atoms with Gasteiger partial charge in [-0.25, -0.2) is 5.84 Å². The Kier molecular flexibility index (Phi) is 8.93. The molecule has 2 aromatic rings. The predicted octanol–water partition coefficient (Wildman–Crippen LogP) is 5.59. The number of ketones is 1. The highest BCUT2D eigenvalue weighted by Gasteiger charge is 2.28. The first kappa shape index (κ1) is 27.1. The van der Waals surface area contributed by atoms with Gasteiger partial charge in [0.25, 0.3) is 5.69 Å². The van der Waals surface area contributed by atoms with Crippen molar-refractivity contribution in [3.63, 3.8) is 0 Å². The van der Waals surface area contributed by atoms with Gasteiger partial charge >= 0.3 is 0 Å². The van der Waals surface area contributed by atoms with E-state index in [1.54, 1.807) is 35.4 Å². The molecule has 2 N–H and O–H groups in total. The average molecular weight is 520 g/mol. The number of rotatable bonds is 8. The number of allylic oxidation sites excluding steroid dienone is 3. The zero-order valence-electron chi connectivity index (χ0n) is 21.5. The van der Waals surface area contributed by atoms with Crippen LogP contribution in [0.3, 0.4) is 0 Å². The van der Waals surface area contributed by atoms with Gasteiger partial charge in [-0.15, -0.1) is 0 Å². The van der Waals surface area contributed by atoms with Gasteiger partial charge in [0.05, 0.1) is 11.0 Å². The summed E-state index contributed by atoms with van der Waals surface area (Å²) in [7, 11) is 0. The largest absolute Gasteiger partial charge is 0.454 e. The van der Waals surface area contributed by atoms with Gasteiger partial charge in [0, 0.05) is 24.3 Å². The van der Waals surface area contributed by atoms with Crippen LogP contribution in [0, 0.1) is 10.1 Å². The monoisotopic (exact) mass is 519 g/mol. The molecule has 38 heavy (non-hydrogen) atoms. The maximum Gasteiger partial charge on any atom is 0.293 e. The van der Waals surface area contributed by atoms with Crippen molar-refractivity contribution in [2.45, 2.75) is 51.2 Å². The van der Waals surface area contributed by atoms with Crippen LogP contribution in [0.2, 0.25) is 0 Å². The Balaban J connectivity index is 0.000000192. The van der Waals surface area contributed by atoms with E-state index in [-0.39, 0.29) is 30.4 Å². The second-order valence-corrected chi connectivity index (χ2v) is 9.33. The second-order valence-electron chi connectivity index (χ2n) is 9.33. The highest BCUT2D eigenvalue weighted by molar-refractivity contribution is 6.16. The number of hydrazine groups is 1. The Hall–Kier alpha value is -3.95. The standard InChI is InChI=1S/C17H25N3O3.C12H8O3/c1-3-11-23-15-8-6-14(7-9-15)19(18)17-12-13(4-2)5-10-16(17)20(21)22;13-10-3-2-9(10)5-8-1-4-11-12(6-8)15-7-14-11/h4-5,10,12,14-15H,2-3,6-9,11,18H2,1H3;1-6H,7H2. The van der Waals surface area contributed by atoms with Crippen molar-refractivity contribution in [2.75, 3.05) is 18.4 Å². The van der Waals surface area contributed by atoms with Gasteiger partial charge in [-0.1, -0.05) is 25.6 Å². The smallest absolute Gasteiger partial charge is 0.293 e. The fourth-order valence-electron chi connectivity index (χ4n) is 4.55. The van der Waals surface area contributed by atoms with Crippen molar-refractivity contribution in [2.24, 2.45) is 5.84 Å². The summed E-state index contributed by atoms with van der Waals surface area (Å²) in [6.07, 6.45) is 11.8. The number of nitro benzene ring substituents is 1. The minimum atomic E-state index is -0.391. The third kappa shape index (κ3) is 6.48. The Labute approximate surface area is 222 Å². The van der Waals surface area contributed by atoms with Gasteiger partial charge in [0.15, 0.2) is 17.3 Å². The molecule has 0 aromatic heterocycles. The second kappa shape index (κ2) is 12.5. The van der Waals surface area contributed by atoms with E-state index in [1.807, 2.05) is 24.3 Å². The molecular formula is C29H33N3O6. The number of anilines is 1. The lowest BCUT2D eigenvalue weighted by Crippen LogP contribution is -2.44. The van der Waals surface area contributed by atoms with E-state index < -0.39 is 4.92 Å². The number of hydrogen-bond donors (Lipinski definition) is 1. The van der Waals surface area contributed by atoms with Crippen molar-refractivity contribution in [3.05, 3.63) is 81.9 Å². The van der Waals surface area contributed by atoms with Gasteiger partial charge < -0.3 is 19.2 Å². The lowest BCUT2D eigenvalue weighted by molar-refractivity contribution is -0.384. The molecule has 3 aliphatic rings. The molecule has 5 rings (SSSR count). The summed E-state index contributed by atoms with van der Waals surface area (Å²) in [6.45, 7) is 6.87. The Bertz CT molecular complexity index is 1250. The van der Waals surface area contributed by atoms with Gasteiger partial charge in [-0.05, 0) is 85.7 Å². The van der Waals surface area contributed by atoms with Crippen LogP contribution < -0.4 is 20.3 Å². The van der Waals surface area contributed by atoms with Crippen molar-refractivity contribution >= 4 is 29.3 Å². The predicted molar refractivity (Wildman–Crippen MR) is 147 cm³/mol. The molecule has 0 amide bonds. The van der Waals surface area contributed by atoms with E-state index in [4.69, 9.17) is 20.1 Å². The molecule has 2 aliphatic carbocycles. The minimum Gasteiger partial charge on any atom is -0.454 e. The summed E-state index contributed by atoms with van der Waals surface area (Å²) in [5.74, 6) is 7.80. The average Bonchev–Trinajstić information content (AvgIpc) is 3.42. The zero-order valence-corrected chi connectivity index (χ0v) is 21.5. The number of ether oxygens (including phenoxy) is 3. The molecule has 1 aliphatic heterocycles. The Morgan fingerprint density at radius 2 is 1.84 bits per heavy atom. The molecule has 1 saturated carbocycles. The number of nitrogens with two attached hydrogens (primary N) is 1. The maximum atomic E-state index is 11.3. The maximum absolute atomic E-state index is 11.3. The van der Waals surface area contributed by atoms with Crippen LogP contribution >= 0.6 is 0 Å². The van der Waals surface area contributed by atoms with E-state index in [2.05, 4.69) is 13.5 Å². The van der Waals surface area contributed by atoms with Crippen molar-refractivity contribution in [1.29, 1.82) is 0 Å². The van der Waals surface area contributed by atoms with Crippen LogP contribution in [0.1, 0.15) is 50.2 Å². The van der Waals surface area contributed by atoms with Gasteiger partial charge in [0.2, 0.25) is 6.79 Å². The molecule has 2 aromatic carbocycles. The fourth-order valence-corrected chi connectivity index (χ4v) is 4.55. The first-order valence-corrected chi connectivity index (χ1v) is 12.8.